The number of hydrogen-bond acceptors (Lipinski definition) is 4. The molecule has 2 heterocycles. The van der Waals surface area contributed by atoms with Crippen LogP contribution < -0.4 is 0 Å². The van der Waals surface area contributed by atoms with E-state index in [1.165, 1.54) is 0 Å². The van der Waals surface area contributed by atoms with Gasteiger partial charge in [0.25, 0.3) is 0 Å². The molecule has 2 aromatic rings. The molecule has 0 aromatic carbocycles. The molecule has 0 N–H and O–H groups in total. The molecule has 0 spiro atoms. The SMILES string of the molecule is COCCn1ccnc1CN(Cc1ccccn1)CC(C)C. The van der Waals surface area contributed by atoms with Crippen LogP contribution in [0.15, 0.2) is 36.8 Å². The van der Waals surface area contributed by atoms with E-state index in [4.69, 9.17) is 4.74 Å². The highest BCUT2D eigenvalue weighted by Crippen LogP contribution is 2.10. The summed E-state index contributed by atoms with van der Waals surface area (Å²) < 4.78 is 7.33. The van der Waals surface area contributed by atoms with E-state index in [1.54, 1.807) is 7.11 Å². The zero-order chi connectivity index (χ0) is 15.8. The third-order valence-electron chi connectivity index (χ3n) is 3.44. The number of imidazole rings is 1. The lowest BCUT2D eigenvalue weighted by atomic mass is 10.2. The highest BCUT2D eigenvalue weighted by molar-refractivity contribution is 5.04. The number of pyridine rings is 1. The van der Waals surface area contributed by atoms with Gasteiger partial charge in [0.05, 0.1) is 18.8 Å². The minimum atomic E-state index is 0.603. The predicted octanol–water partition coefficient (Wildman–Crippen LogP) is 2.58. The van der Waals surface area contributed by atoms with Crippen molar-refractivity contribution in [2.75, 3.05) is 20.3 Å². The van der Waals surface area contributed by atoms with Crippen LogP contribution >= 0.6 is 0 Å². The minimum absolute atomic E-state index is 0.603. The van der Waals surface area contributed by atoms with Gasteiger partial charge in [0.15, 0.2) is 0 Å². The molecule has 5 nitrogen and oxygen atoms in total. The molecule has 0 saturated carbocycles. The Balaban J connectivity index is 2.04. The van der Waals surface area contributed by atoms with Crippen molar-refractivity contribution in [2.45, 2.75) is 33.5 Å². The van der Waals surface area contributed by atoms with E-state index in [1.807, 2.05) is 30.7 Å². The molecule has 0 aliphatic rings. The molecule has 0 fully saturated rings. The van der Waals surface area contributed by atoms with Gasteiger partial charge in [-0.15, -0.1) is 0 Å². The first-order valence-corrected chi connectivity index (χ1v) is 7.80. The average Bonchev–Trinajstić information content (AvgIpc) is 2.92. The summed E-state index contributed by atoms with van der Waals surface area (Å²) in [5.41, 5.74) is 1.10. The summed E-state index contributed by atoms with van der Waals surface area (Å²) in [6.45, 7) is 8.71. The van der Waals surface area contributed by atoms with Crippen LogP contribution in [0.4, 0.5) is 0 Å². The molecule has 0 aliphatic carbocycles. The highest BCUT2D eigenvalue weighted by atomic mass is 16.5. The lowest BCUT2D eigenvalue weighted by molar-refractivity contribution is 0.181. The van der Waals surface area contributed by atoms with Gasteiger partial charge in [-0.1, -0.05) is 19.9 Å². The van der Waals surface area contributed by atoms with Crippen molar-refractivity contribution in [1.29, 1.82) is 0 Å². The standard InChI is InChI=1S/C17H26N4O/c1-15(2)12-20(13-16-6-4-5-7-18-16)14-17-19-8-9-21(17)10-11-22-3/h4-9,15H,10-14H2,1-3H3. The molecule has 0 atom stereocenters. The van der Waals surface area contributed by atoms with Gasteiger partial charge in [-0.05, 0) is 18.1 Å². The first-order valence-electron chi connectivity index (χ1n) is 7.80. The second kappa shape index (κ2) is 8.66. The fourth-order valence-corrected chi connectivity index (χ4v) is 2.51. The van der Waals surface area contributed by atoms with Crippen LogP contribution in [-0.4, -0.2) is 39.7 Å². The van der Waals surface area contributed by atoms with Crippen LogP contribution in [-0.2, 0) is 24.4 Å². The fourth-order valence-electron chi connectivity index (χ4n) is 2.51. The fraction of sp³-hybridized carbons (Fsp3) is 0.529. The van der Waals surface area contributed by atoms with Gasteiger partial charge in [-0.3, -0.25) is 9.88 Å². The van der Waals surface area contributed by atoms with E-state index in [2.05, 4.69) is 39.3 Å². The van der Waals surface area contributed by atoms with Gasteiger partial charge in [-0.25, -0.2) is 4.98 Å². The molecular weight excluding hydrogens is 276 g/mol. The van der Waals surface area contributed by atoms with Gasteiger partial charge in [0, 0.05) is 45.3 Å². The van der Waals surface area contributed by atoms with Crippen molar-refractivity contribution in [3.05, 3.63) is 48.3 Å². The van der Waals surface area contributed by atoms with Crippen molar-refractivity contribution in [3.8, 4) is 0 Å². The van der Waals surface area contributed by atoms with Crippen molar-refractivity contribution in [2.24, 2.45) is 5.92 Å². The first kappa shape index (κ1) is 16.6. The third kappa shape index (κ3) is 5.24. The van der Waals surface area contributed by atoms with Gasteiger partial charge in [-0.2, -0.15) is 0 Å². The quantitative estimate of drug-likeness (QED) is 0.714. The summed E-state index contributed by atoms with van der Waals surface area (Å²) in [5, 5.41) is 0. The predicted molar refractivity (Wildman–Crippen MR) is 87.3 cm³/mol. The Kier molecular flexibility index (Phi) is 6.55. The Morgan fingerprint density at radius 2 is 2.05 bits per heavy atom. The van der Waals surface area contributed by atoms with Crippen molar-refractivity contribution >= 4 is 0 Å². The van der Waals surface area contributed by atoms with Gasteiger partial charge in [0.1, 0.15) is 5.82 Å². The summed E-state index contributed by atoms with van der Waals surface area (Å²) >= 11 is 0. The summed E-state index contributed by atoms with van der Waals surface area (Å²) in [7, 11) is 1.72. The second-order valence-electron chi connectivity index (χ2n) is 5.91. The van der Waals surface area contributed by atoms with Crippen LogP contribution in [0.5, 0.6) is 0 Å². The van der Waals surface area contributed by atoms with Gasteiger partial charge in [0.2, 0.25) is 0 Å². The van der Waals surface area contributed by atoms with Crippen LogP contribution in [0.25, 0.3) is 0 Å². The molecule has 0 amide bonds. The van der Waals surface area contributed by atoms with Crippen molar-refractivity contribution in [3.63, 3.8) is 0 Å². The molecule has 0 radical (unpaired) electrons. The second-order valence-corrected chi connectivity index (χ2v) is 5.91. The molecule has 2 aromatic heterocycles. The van der Waals surface area contributed by atoms with E-state index in [9.17, 15) is 0 Å². The van der Waals surface area contributed by atoms with E-state index in [0.29, 0.717) is 12.5 Å². The molecule has 2 rings (SSSR count). The number of hydrogen-bond donors (Lipinski definition) is 0. The lowest BCUT2D eigenvalue weighted by Gasteiger charge is -2.24. The highest BCUT2D eigenvalue weighted by Gasteiger charge is 2.13. The third-order valence-corrected chi connectivity index (χ3v) is 3.44. The maximum absolute atomic E-state index is 5.16. The molecule has 0 bridgehead atoms. The maximum Gasteiger partial charge on any atom is 0.122 e. The van der Waals surface area contributed by atoms with E-state index in [0.717, 1.165) is 37.7 Å². The summed E-state index contributed by atoms with van der Waals surface area (Å²) in [6, 6.07) is 6.06. The summed E-state index contributed by atoms with van der Waals surface area (Å²) in [6.07, 6.45) is 5.73. The largest absolute Gasteiger partial charge is 0.383 e. The Morgan fingerprint density at radius 1 is 1.18 bits per heavy atom. The Morgan fingerprint density at radius 3 is 2.73 bits per heavy atom. The summed E-state index contributed by atoms with van der Waals surface area (Å²) in [4.78, 5) is 11.3. The van der Waals surface area contributed by atoms with Crippen LogP contribution in [0.3, 0.4) is 0 Å². The van der Waals surface area contributed by atoms with Crippen LogP contribution in [0.1, 0.15) is 25.4 Å². The van der Waals surface area contributed by atoms with E-state index < -0.39 is 0 Å². The van der Waals surface area contributed by atoms with Crippen molar-refractivity contribution < 1.29 is 4.74 Å². The molecule has 0 aliphatic heterocycles. The molecule has 22 heavy (non-hydrogen) atoms. The number of aromatic nitrogens is 3. The molecule has 120 valence electrons. The van der Waals surface area contributed by atoms with Crippen molar-refractivity contribution in [1.82, 2.24) is 19.4 Å². The number of ether oxygens (including phenoxy) is 1. The van der Waals surface area contributed by atoms with Crippen LogP contribution in [0.2, 0.25) is 0 Å². The zero-order valence-corrected chi connectivity index (χ0v) is 13.8. The molecule has 5 heteroatoms. The Bertz CT molecular complexity index is 539. The topological polar surface area (TPSA) is 43.2 Å². The molecule has 0 saturated heterocycles. The normalized spacial score (nSPS) is 11.5. The van der Waals surface area contributed by atoms with E-state index in [-0.39, 0.29) is 0 Å². The molecular formula is C17H26N4O. The van der Waals surface area contributed by atoms with E-state index >= 15 is 0 Å². The van der Waals surface area contributed by atoms with Gasteiger partial charge >= 0.3 is 0 Å². The first-order chi connectivity index (χ1) is 10.7. The van der Waals surface area contributed by atoms with Crippen LogP contribution in [0, 0.1) is 5.92 Å². The number of rotatable bonds is 9. The molecule has 0 unspecified atom stereocenters. The Labute approximate surface area is 133 Å². The summed E-state index contributed by atoms with van der Waals surface area (Å²) in [5.74, 6) is 1.68. The average molecular weight is 302 g/mol. The monoisotopic (exact) mass is 302 g/mol. The maximum atomic E-state index is 5.16. The minimum Gasteiger partial charge on any atom is -0.383 e. The smallest absolute Gasteiger partial charge is 0.122 e. The van der Waals surface area contributed by atoms with Gasteiger partial charge < -0.3 is 9.30 Å². The number of methoxy groups -OCH3 is 1. The lowest BCUT2D eigenvalue weighted by Crippen LogP contribution is -2.29. The number of nitrogens with zero attached hydrogens (tertiary/aromatic N) is 4. The Hall–Kier alpha value is -1.72. The zero-order valence-electron chi connectivity index (χ0n) is 13.8.